The van der Waals surface area contributed by atoms with E-state index in [0.717, 1.165) is 6.07 Å². The van der Waals surface area contributed by atoms with E-state index >= 15 is 0 Å². The zero-order chi connectivity index (χ0) is 15.6. The van der Waals surface area contributed by atoms with E-state index in [-0.39, 0.29) is 17.3 Å². The van der Waals surface area contributed by atoms with Gasteiger partial charge in [-0.3, -0.25) is 0 Å². The lowest BCUT2D eigenvalue weighted by molar-refractivity contribution is 0.284. The molecule has 2 aromatic rings. The van der Waals surface area contributed by atoms with Crippen molar-refractivity contribution in [3.8, 4) is 5.75 Å². The maximum absolute atomic E-state index is 13.6. The van der Waals surface area contributed by atoms with Crippen molar-refractivity contribution in [2.75, 3.05) is 0 Å². The Morgan fingerprint density at radius 3 is 2.62 bits per heavy atom. The van der Waals surface area contributed by atoms with E-state index in [1.54, 1.807) is 18.2 Å². The van der Waals surface area contributed by atoms with Gasteiger partial charge in [0.05, 0.1) is 0 Å². The van der Waals surface area contributed by atoms with Crippen molar-refractivity contribution in [3.63, 3.8) is 0 Å². The smallest absolute Gasteiger partial charge is 0.200 e. The topological polar surface area (TPSA) is 35.2 Å². The summed E-state index contributed by atoms with van der Waals surface area (Å²) in [6, 6.07) is 7.32. The number of benzene rings is 2. The van der Waals surface area contributed by atoms with Crippen molar-refractivity contribution in [2.24, 2.45) is 5.73 Å². The average Bonchev–Trinajstić information content (AvgIpc) is 2.42. The van der Waals surface area contributed by atoms with Crippen LogP contribution in [0.25, 0.3) is 0 Å². The molecule has 110 valence electrons. The fraction of sp³-hybridized carbons (Fsp3) is 0.0714. The second-order valence-electron chi connectivity index (χ2n) is 4.16. The molecule has 0 saturated carbocycles. The summed E-state index contributed by atoms with van der Waals surface area (Å²) in [4.78, 5) is 0.226. The lowest BCUT2D eigenvalue weighted by Gasteiger charge is -2.10. The summed E-state index contributed by atoms with van der Waals surface area (Å²) in [5.41, 5.74) is 6.73. The van der Waals surface area contributed by atoms with E-state index < -0.39 is 11.6 Å². The minimum atomic E-state index is -1.05. The number of hydrogen-bond acceptors (Lipinski definition) is 2. The second kappa shape index (κ2) is 6.68. The molecule has 0 aromatic heterocycles. The lowest BCUT2D eigenvalue weighted by atomic mass is 10.1. The normalized spacial score (nSPS) is 10.5. The highest BCUT2D eigenvalue weighted by atomic mass is 79.9. The van der Waals surface area contributed by atoms with E-state index in [4.69, 9.17) is 34.3 Å². The van der Waals surface area contributed by atoms with Gasteiger partial charge in [-0.15, -0.1) is 0 Å². The van der Waals surface area contributed by atoms with Gasteiger partial charge >= 0.3 is 0 Å². The molecule has 0 radical (unpaired) electrons. The third-order valence-corrected chi connectivity index (χ3v) is 3.73. The average molecular weight is 393 g/mol. The van der Waals surface area contributed by atoms with Crippen LogP contribution in [0, 0.1) is 11.6 Å². The third-order valence-electron chi connectivity index (χ3n) is 2.68. The molecule has 0 saturated heterocycles. The summed E-state index contributed by atoms with van der Waals surface area (Å²) < 4.78 is 32.5. The van der Waals surface area contributed by atoms with Gasteiger partial charge in [0.2, 0.25) is 5.82 Å². The maximum atomic E-state index is 13.6. The van der Waals surface area contributed by atoms with Gasteiger partial charge < -0.3 is 10.5 Å². The molecule has 2 nitrogen and oxygen atoms in total. The van der Waals surface area contributed by atoms with Crippen molar-refractivity contribution in [3.05, 3.63) is 62.6 Å². The van der Waals surface area contributed by atoms with Gasteiger partial charge in [0.15, 0.2) is 11.6 Å². The maximum Gasteiger partial charge on any atom is 0.200 e. The molecule has 0 fully saturated rings. The zero-order valence-electron chi connectivity index (χ0n) is 10.5. The summed E-state index contributed by atoms with van der Waals surface area (Å²) >= 11 is 14.0. The lowest BCUT2D eigenvalue weighted by Crippen LogP contribution is -2.09. The first-order chi connectivity index (χ1) is 9.88. The fourth-order valence-corrected chi connectivity index (χ4v) is 2.38. The third kappa shape index (κ3) is 3.90. The summed E-state index contributed by atoms with van der Waals surface area (Å²) in [7, 11) is 0. The Morgan fingerprint density at radius 2 is 2.00 bits per heavy atom. The molecule has 0 bridgehead atoms. The Hall–Kier alpha value is -1.24. The van der Waals surface area contributed by atoms with E-state index in [2.05, 4.69) is 15.9 Å². The number of rotatable bonds is 4. The van der Waals surface area contributed by atoms with Gasteiger partial charge in [0.25, 0.3) is 0 Å². The fourth-order valence-electron chi connectivity index (χ4n) is 1.61. The summed E-state index contributed by atoms with van der Waals surface area (Å²) in [6.07, 6.45) is 0. The van der Waals surface area contributed by atoms with Crippen molar-refractivity contribution in [2.45, 2.75) is 6.61 Å². The molecule has 0 aliphatic carbocycles. The molecule has 0 aliphatic rings. The van der Waals surface area contributed by atoms with Crippen LogP contribution in [0.2, 0.25) is 5.02 Å². The summed E-state index contributed by atoms with van der Waals surface area (Å²) in [5.74, 6) is -2.24. The minimum absolute atomic E-state index is 0.0107. The van der Waals surface area contributed by atoms with E-state index in [0.29, 0.717) is 20.6 Å². The van der Waals surface area contributed by atoms with Crippen molar-refractivity contribution >= 4 is 44.7 Å². The van der Waals surface area contributed by atoms with Gasteiger partial charge in [-0.2, -0.15) is 4.39 Å². The van der Waals surface area contributed by atoms with Crippen molar-refractivity contribution in [1.29, 1.82) is 0 Å². The molecule has 0 spiro atoms. The number of halogens is 4. The Bertz CT molecular complexity index is 712. The molecule has 2 rings (SSSR count). The first-order valence-corrected chi connectivity index (χ1v) is 7.32. The van der Waals surface area contributed by atoms with Crippen LogP contribution in [0.4, 0.5) is 8.78 Å². The first-order valence-electron chi connectivity index (χ1n) is 5.74. The van der Waals surface area contributed by atoms with Crippen LogP contribution in [0.5, 0.6) is 5.75 Å². The second-order valence-corrected chi connectivity index (χ2v) is 5.92. The van der Waals surface area contributed by atoms with Gasteiger partial charge in [-0.25, -0.2) is 4.39 Å². The van der Waals surface area contributed by atoms with E-state index in [9.17, 15) is 8.78 Å². The van der Waals surface area contributed by atoms with Crippen molar-refractivity contribution in [1.82, 2.24) is 0 Å². The van der Waals surface area contributed by atoms with Gasteiger partial charge in [0, 0.05) is 20.6 Å². The van der Waals surface area contributed by atoms with Crippen LogP contribution in [0.1, 0.15) is 11.1 Å². The predicted molar refractivity (Wildman–Crippen MR) is 85.7 cm³/mol. The summed E-state index contributed by atoms with van der Waals surface area (Å²) in [6.45, 7) is -0.0107. The molecule has 0 amide bonds. The van der Waals surface area contributed by atoms with Gasteiger partial charge in [0.1, 0.15) is 11.6 Å². The standard InChI is InChI=1S/C14H9BrClF2NOS/c15-9-4-11(17)13(18)12(5-9)20-6-8-2-1-7(14(19)21)3-10(8)16/h1-5H,6H2,(H2,19,21). The highest BCUT2D eigenvalue weighted by Gasteiger charge is 2.12. The number of hydrogen-bond donors (Lipinski definition) is 1. The largest absolute Gasteiger partial charge is 0.486 e. The highest BCUT2D eigenvalue weighted by Crippen LogP contribution is 2.27. The van der Waals surface area contributed by atoms with E-state index in [1.165, 1.54) is 6.07 Å². The molecule has 2 aromatic carbocycles. The van der Waals surface area contributed by atoms with Crippen LogP contribution in [-0.2, 0) is 6.61 Å². The number of ether oxygens (including phenoxy) is 1. The highest BCUT2D eigenvalue weighted by molar-refractivity contribution is 9.10. The first kappa shape index (κ1) is 16.1. The molecule has 0 unspecified atom stereocenters. The van der Waals surface area contributed by atoms with Gasteiger partial charge in [-0.05, 0) is 18.2 Å². The monoisotopic (exact) mass is 391 g/mol. The number of nitrogens with two attached hydrogens (primary N) is 1. The van der Waals surface area contributed by atoms with Crippen LogP contribution in [-0.4, -0.2) is 4.99 Å². The molecule has 0 aliphatic heterocycles. The predicted octanol–water partition coefficient (Wildman–Crippen LogP) is 4.59. The minimum Gasteiger partial charge on any atom is -0.486 e. The Balaban J connectivity index is 2.19. The van der Waals surface area contributed by atoms with Crippen LogP contribution >= 0.6 is 39.7 Å². The van der Waals surface area contributed by atoms with Crippen LogP contribution < -0.4 is 10.5 Å². The van der Waals surface area contributed by atoms with Crippen LogP contribution in [0.15, 0.2) is 34.8 Å². The van der Waals surface area contributed by atoms with Gasteiger partial charge in [-0.1, -0.05) is 51.9 Å². The SMILES string of the molecule is NC(=S)c1ccc(COc2cc(Br)cc(F)c2F)c(Cl)c1. The number of thiocarbonyl (C=S) groups is 1. The summed E-state index contributed by atoms with van der Waals surface area (Å²) in [5, 5.41) is 0.385. The van der Waals surface area contributed by atoms with E-state index in [1.807, 2.05) is 0 Å². The quantitative estimate of drug-likeness (QED) is 0.610. The molecule has 0 heterocycles. The molecular formula is C14H9BrClF2NOS. The Kier molecular flexibility index (Phi) is 5.13. The molecule has 2 N–H and O–H groups in total. The zero-order valence-corrected chi connectivity index (χ0v) is 13.7. The molecule has 0 atom stereocenters. The Morgan fingerprint density at radius 1 is 1.29 bits per heavy atom. The molecular weight excluding hydrogens is 384 g/mol. The molecule has 7 heteroatoms. The van der Waals surface area contributed by atoms with Crippen molar-refractivity contribution < 1.29 is 13.5 Å². The van der Waals surface area contributed by atoms with Crippen LogP contribution in [0.3, 0.4) is 0 Å². The molecule has 21 heavy (non-hydrogen) atoms. The Labute approximate surface area is 139 Å².